The molecule has 0 spiro atoms. The minimum absolute atomic E-state index is 0.0151. The first kappa shape index (κ1) is 19.6. The standard InChI is InChI=1S/C16H16F2N2O5S/c1-2-24-14-8-10(6-7-13(14)25-16(17)18)15(21)20-11-4-3-5-12(9-11)26(19,22)23/h3-9,16H,2H2,1H3,(H,20,21)(H2,19,22,23). The Hall–Kier alpha value is -2.72. The van der Waals surface area contributed by atoms with Crippen LogP contribution in [0.2, 0.25) is 0 Å². The van der Waals surface area contributed by atoms with Crippen LogP contribution in [-0.4, -0.2) is 27.5 Å². The molecule has 3 N–H and O–H groups in total. The molecule has 0 aliphatic heterocycles. The molecule has 0 unspecified atom stereocenters. The maximum Gasteiger partial charge on any atom is 0.387 e. The van der Waals surface area contributed by atoms with Crippen molar-refractivity contribution < 1.29 is 31.5 Å². The van der Waals surface area contributed by atoms with E-state index in [0.29, 0.717) is 0 Å². The van der Waals surface area contributed by atoms with Gasteiger partial charge in [-0.1, -0.05) is 6.07 Å². The molecule has 1 amide bonds. The van der Waals surface area contributed by atoms with Gasteiger partial charge in [-0.15, -0.1) is 0 Å². The predicted molar refractivity (Wildman–Crippen MR) is 90.0 cm³/mol. The predicted octanol–water partition coefficient (Wildman–Crippen LogP) is 2.59. The van der Waals surface area contributed by atoms with Crippen molar-refractivity contribution in [1.29, 1.82) is 0 Å². The van der Waals surface area contributed by atoms with Crippen LogP contribution in [0, 0.1) is 0 Å². The van der Waals surface area contributed by atoms with Gasteiger partial charge in [0.15, 0.2) is 11.5 Å². The Bertz CT molecular complexity index is 903. The van der Waals surface area contributed by atoms with Crippen molar-refractivity contribution in [3.63, 3.8) is 0 Å². The maximum absolute atomic E-state index is 12.4. The Kier molecular flexibility index (Phi) is 6.11. The van der Waals surface area contributed by atoms with Crippen molar-refractivity contribution in [3.05, 3.63) is 48.0 Å². The molecule has 0 aliphatic carbocycles. The van der Waals surface area contributed by atoms with Gasteiger partial charge in [0.1, 0.15) is 0 Å². The summed E-state index contributed by atoms with van der Waals surface area (Å²) in [6, 6.07) is 9.09. The van der Waals surface area contributed by atoms with Gasteiger partial charge in [-0.2, -0.15) is 8.78 Å². The number of primary sulfonamides is 1. The van der Waals surface area contributed by atoms with Crippen LogP contribution in [0.25, 0.3) is 0 Å². The number of carbonyl (C=O) groups excluding carboxylic acids is 1. The number of anilines is 1. The van der Waals surface area contributed by atoms with Gasteiger partial charge in [0.05, 0.1) is 11.5 Å². The lowest BCUT2D eigenvalue weighted by Crippen LogP contribution is -2.15. The van der Waals surface area contributed by atoms with Crippen LogP contribution in [-0.2, 0) is 10.0 Å². The number of sulfonamides is 1. The van der Waals surface area contributed by atoms with Gasteiger partial charge >= 0.3 is 6.61 Å². The Labute approximate surface area is 148 Å². The number of benzene rings is 2. The van der Waals surface area contributed by atoms with Gasteiger partial charge < -0.3 is 14.8 Å². The van der Waals surface area contributed by atoms with Crippen molar-refractivity contribution in [2.24, 2.45) is 5.14 Å². The molecule has 0 bridgehead atoms. The number of halogens is 2. The van der Waals surface area contributed by atoms with Crippen LogP contribution < -0.4 is 19.9 Å². The first-order chi connectivity index (χ1) is 12.2. The van der Waals surface area contributed by atoms with E-state index in [1.807, 2.05) is 0 Å². The summed E-state index contributed by atoms with van der Waals surface area (Å²) < 4.78 is 57.1. The zero-order valence-electron chi connectivity index (χ0n) is 13.6. The number of ether oxygens (including phenoxy) is 2. The fraction of sp³-hybridized carbons (Fsp3) is 0.188. The van der Waals surface area contributed by atoms with E-state index in [9.17, 15) is 22.0 Å². The molecule has 2 aromatic carbocycles. The van der Waals surface area contributed by atoms with Gasteiger partial charge in [0.2, 0.25) is 10.0 Å². The van der Waals surface area contributed by atoms with Crippen molar-refractivity contribution in [3.8, 4) is 11.5 Å². The Morgan fingerprint density at radius 1 is 1.19 bits per heavy atom. The van der Waals surface area contributed by atoms with Crippen LogP contribution >= 0.6 is 0 Å². The molecule has 0 aliphatic rings. The molecule has 26 heavy (non-hydrogen) atoms. The van der Waals surface area contributed by atoms with E-state index in [0.717, 1.165) is 0 Å². The first-order valence-corrected chi connectivity index (χ1v) is 8.91. The van der Waals surface area contributed by atoms with Crippen molar-refractivity contribution in [1.82, 2.24) is 0 Å². The zero-order valence-corrected chi connectivity index (χ0v) is 14.4. The molecule has 0 atom stereocenters. The number of hydrogen-bond donors (Lipinski definition) is 2. The number of amides is 1. The zero-order chi connectivity index (χ0) is 19.3. The molecule has 0 saturated carbocycles. The smallest absolute Gasteiger partial charge is 0.387 e. The first-order valence-electron chi connectivity index (χ1n) is 7.36. The molecule has 0 saturated heterocycles. The minimum Gasteiger partial charge on any atom is -0.490 e. The highest BCUT2D eigenvalue weighted by Crippen LogP contribution is 2.30. The van der Waals surface area contributed by atoms with Crippen molar-refractivity contribution in [2.45, 2.75) is 18.4 Å². The van der Waals surface area contributed by atoms with Crippen LogP contribution in [0.4, 0.5) is 14.5 Å². The third kappa shape index (κ3) is 5.14. The second-order valence-corrected chi connectivity index (χ2v) is 6.56. The summed E-state index contributed by atoms with van der Waals surface area (Å²) in [5, 5.41) is 7.54. The Morgan fingerprint density at radius 2 is 1.92 bits per heavy atom. The van der Waals surface area contributed by atoms with Gasteiger partial charge in [0.25, 0.3) is 5.91 Å². The molecular formula is C16H16F2N2O5S. The van der Waals surface area contributed by atoms with E-state index in [4.69, 9.17) is 9.88 Å². The molecular weight excluding hydrogens is 370 g/mol. The lowest BCUT2D eigenvalue weighted by molar-refractivity contribution is -0.0514. The van der Waals surface area contributed by atoms with E-state index >= 15 is 0 Å². The van der Waals surface area contributed by atoms with E-state index in [1.54, 1.807) is 6.92 Å². The van der Waals surface area contributed by atoms with E-state index < -0.39 is 22.5 Å². The quantitative estimate of drug-likeness (QED) is 0.760. The fourth-order valence-corrected chi connectivity index (χ4v) is 2.62. The largest absolute Gasteiger partial charge is 0.490 e. The van der Waals surface area contributed by atoms with Crippen LogP contribution in [0.15, 0.2) is 47.4 Å². The number of nitrogens with two attached hydrogens (primary N) is 1. The SMILES string of the molecule is CCOc1cc(C(=O)Nc2cccc(S(N)(=O)=O)c2)ccc1OC(F)F. The van der Waals surface area contributed by atoms with Crippen LogP contribution in [0.5, 0.6) is 11.5 Å². The molecule has 0 radical (unpaired) electrons. The number of rotatable bonds is 7. The van der Waals surface area contributed by atoms with E-state index in [-0.39, 0.29) is 34.3 Å². The normalized spacial score (nSPS) is 11.3. The molecule has 0 aromatic heterocycles. The number of nitrogens with one attached hydrogen (secondary N) is 1. The van der Waals surface area contributed by atoms with Gasteiger partial charge in [-0.05, 0) is 43.3 Å². The fourth-order valence-electron chi connectivity index (χ4n) is 2.07. The highest BCUT2D eigenvalue weighted by Gasteiger charge is 2.15. The second kappa shape index (κ2) is 8.11. The monoisotopic (exact) mass is 386 g/mol. The molecule has 2 aromatic rings. The summed E-state index contributed by atoms with van der Waals surface area (Å²) in [6.45, 7) is -1.20. The van der Waals surface area contributed by atoms with Crippen LogP contribution in [0.1, 0.15) is 17.3 Å². The molecule has 0 heterocycles. The summed E-state index contributed by atoms with van der Waals surface area (Å²) >= 11 is 0. The summed E-state index contributed by atoms with van der Waals surface area (Å²) in [5.41, 5.74) is 0.309. The average Bonchev–Trinajstić information content (AvgIpc) is 2.55. The lowest BCUT2D eigenvalue weighted by atomic mass is 10.2. The van der Waals surface area contributed by atoms with E-state index in [2.05, 4.69) is 10.1 Å². The summed E-state index contributed by atoms with van der Waals surface area (Å²) in [5.74, 6) is -0.811. The lowest BCUT2D eigenvalue weighted by Gasteiger charge is -2.13. The summed E-state index contributed by atoms with van der Waals surface area (Å²) in [6.07, 6.45) is 0. The molecule has 10 heteroatoms. The Balaban J connectivity index is 2.25. The van der Waals surface area contributed by atoms with Gasteiger partial charge in [-0.25, -0.2) is 13.6 Å². The highest BCUT2D eigenvalue weighted by atomic mass is 32.2. The van der Waals surface area contributed by atoms with Crippen molar-refractivity contribution >= 4 is 21.6 Å². The molecule has 2 rings (SSSR count). The summed E-state index contributed by atoms with van der Waals surface area (Å²) in [7, 11) is -3.92. The Morgan fingerprint density at radius 3 is 2.54 bits per heavy atom. The van der Waals surface area contributed by atoms with Crippen molar-refractivity contribution in [2.75, 3.05) is 11.9 Å². The topological polar surface area (TPSA) is 108 Å². The number of alkyl halides is 2. The second-order valence-electron chi connectivity index (χ2n) is 5.00. The number of carbonyl (C=O) groups is 1. The molecule has 0 fully saturated rings. The third-order valence-corrected chi connectivity index (χ3v) is 4.05. The molecule has 140 valence electrons. The molecule has 7 nitrogen and oxygen atoms in total. The maximum atomic E-state index is 12.4. The minimum atomic E-state index is -3.92. The number of hydrogen-bond acceptors (Lipinski definition) is 5. The third-order valence-electron chi connectivity index (χ3n) is 3.14. The average molecular weight is 386 g/mol. The van der Waals surface area contributed by atoms with Gasteiger partial charge in [-0.3, -0.25) is 4.79 Å². The van der Waals surface area contributed by atoms with E-state index in [1.165, 1.54) is 42.5 Å². The van der Waals surface area contributed by atoms with Gasteiger partial charge in [0, 0.05) is 11.3 Å². The summed E-state index contributed by atoms with van der Waals surface area (Å²) in [4.78, 5) is 12.2. The van der Waals surface area contributed by atoms with Crippen LogP contribution in [0.3, 0.4) is 0 Å². The highest BCUT2D eigenvalue weighted by molar-refractivity contribution is 7.89.